The molecule has 0 saturated heterocycles. The van der Waals surface area contributed by atoms with E-state index in [4.69, 9.17) is 21.4 Å². The minimum atomic E-state index is -0.998. The van der Waals surface area contributed by atoms with Crippen molar-refractivity contribution in [3.8, 4) is 23.0 Å². The zero-order chi connectivity index (χ0) is 20.1. The molecule has 0 aliphatic carbocycles. The number of carbonyl (C=O) groups is 1. The normalized spacial score (nSPS) is 10.7. The lowest BCUT2D eigenvalue weighted by molar-refractivity contribution is -0.136. The molecule has 0 bridgehead atoms. The van der Waals surface area contributed by atoms with Gasteiger partial charge in [-0.05, 0) is 24.3 Å². The number of carboxylic acids is 1. The highest BCUT2D eigenvalue weighted by molar-refractivity contribution is 6.30. The molecule has 0 spiro atoms. The molecule has 1 aromatic carbocycles. The first-order valence-corrected chi connectivity index (χ1v) is 8.33. The Kier molecular flexibility index (Phi) is 6.07. The lowest BCUT2D eigenvalue weighted by atomic mass is 10.2. The number of nitrogens with zero attached hydrogens (tertiary/aromatic N) is 3. The lowest BCUT2D eigenvalue weighted by Gasteiger charge is -2.09. The summed E-state index contributed by atoms with van der Waals surface area (Å²) in [6.07, 6.45) is 2.65. The monoisotopic (exact) mass is 406 g/mol. The van der Waals surface area contributed by atoms with Crippen molar-refractivity contribution in [3.63, 3.8) is 0 Å². The van der Waals surface area contributed by atoms with Crippen LogP contribution >= 0.6 is 11.6 Å². The molecule has 0 aliphatic rings. The number of nitrogens with one attached hydrogen (secondary N) is 1. The van der Waals surface area contributed by atoms with Crippen LogP contribution in [0.4, 0.5) is 8.78 Å². The molecule has 2 heterocycles. The summed E-state index contributed by atoms with van der Waals surface area (Å²) in [5, 5.41) is 11.4. The molecule has 2 N–H and O–H groups in total. The van der Waals surface area contributed by atoms with Gasteiger partial charge in [0, 0.05) is 25.0 Å². The van der Waals surface area contributed by atoms with Crippen LogP contribution in [0.5, 0.6) is 11.6 Å². The smallest absolute Gasteiger partial charge is 0.317 e. The summed E-state index contributed by atoms with van der Waals surface area (Å²) < 4.78 is 33.5. The molecule has 0 fully saturated rings. The average molecular weight is 407 g/mol. The van der Waals surface area contributed by atoms with Crippen molar-refractivity contribution in [1.29, 1.82) is 0 Å². The van der Waals surface area contributed by atoms with E-state index < -0.39 is 17.6 Å². The minimum absolute atomic E-state index is 0.0363. The highest BCUT2D eigenvalue weighted by Gasteiger charge is 2.13. The third-order valence-corrected chi connectivity index (χ3v) is 3.67. The maximum absolute atomic E-state index is 14.5. The van der Waals surface area contributed by atoms with E-state index in [1.54, 1.807) is 6.07 Å². The number of ether oxygens (including phenoxy) is 1. The Balaban J connectivity index is 1.77. The minimum Gasteiger partial charge on any atom is -0.480 e. The quantitative estimate of drug-likeness (QED) is 0.620. The molecule has 0 unspecified atom stereocenters. The van der Waals surface area contributed by atoms with Crippen LogP contribution in [0, 0.1) is 11.6 Å². The number of carboxylic acid groups (broad SMARTS) is 1. The van der Waals surface area contributed by atoms with Gasteiger partial charge < -0.3 is 15.2 Å². The molecule has 0 atom stereocenters. The highest BCUT2D eigenvalue weighted by Crippen LogP contribution is 2.28. The maximum atomic E-state index is 14.5. The molecule has 0 amide bonds. The Hall–Kier alpha value is -3.17. The fourth-order valence-corrected chi connectivity index (χ4v) is 2.40. The molecule has 0 radical (unpaired) electrons. The standard InChI is InChI=1S/C18H13ClF2N4O3/c19-10-5-15(21)18(24-7-10)28-12-1-2-13(14(20)6-12)17-23-4-3-11(25-17)8-22-9-16(26)27/h1-7,22H,8-9H2,(H,26,27). The Labute approximate surface area is 163 Å². The number of hydrogen-bond donors (Lipinski definition) is 2. The molecule has 0 saturated carbocycles. The maximum Gasteiger partial charge on any atom is 0.317 e. The van der Waals surface area contributed by atoms with Crippen LogP contribution in [0.3, 0.4) is 0 Å². The summed E-state index contributed by atoms with van der Waals surface area (Å²) in [7, 11) is 0. The van der Waals surface area contributed by atoms with Crippen LogP contribution < -0.4 is 10.1 Å². The molecular weight excluding hydrogens is 394 g/mol. The van der Waals surface area contributed by atoms with Gasteiger partial charge in [-0.1, -0.05) is 11.6 Å². The molecule has 7 nitrogen and oxygen atoms in total. The van der Waals surface area contributed by atoms with Crippen LogP contribution in [0.25, 0.3) is 11.4 Å². The Morgan fingerprint density at radius 1 is 1.18 bits per heavy atom. The van der Waals surface area contributed by atoms with Gasteiger partial charge in [-0.15, -0.1) is 0 Å². The van der Waals surface area contributed by atoms with Gasteiger partial charge >= 0.3 is 5.97 Å². The Bertz CT molecular complexity index is 1020. The molecule has 28 heavy (non-hydrogen) atoms. The first kappa shape index (κ1) is 19.6. The SMILES string of the molecule is O=C(O)CNCc1ccnc(-c2ccc(Oc3ncc(Cl)cc3F)cc2F)n1. The number of pyridine rings is 1. The van der Waals surface area contributed by atoms with E-state index in [1.165, 1.54) is 24.5 Å². The summed E-state index contributed by atoms with van der Waals surface area (Å²) in [5.74, 6) is -2.63. The van der Waals surface area contributed by atoms with Gasteiger partial charge in [0.05, 0.1) is 22.8 Å². The third-order valence-electron chi connectivity index (χ3n) is 3.47. The zero-order valence-corrected chi connectivity index (χ0v) is 15.0. The summed E-state index contributed by atoms with van der Waals surface area (Å²) in [6, 6.07) is 6.49. The van der Waals surface area contributed by atoms with Crippen molar-refractivity contribution in [1.82, 2.24) is 20.3 Å². The number of rotatable bonds is 7. The van der Waals surface area contributed by atoms with Crippen LogP contribution in [0.2, 0.25) is 5.02 Å². The van der Waals surface area contributed by atoms with Crippen molar-refractivity contribution in [3.05, 3.63) is 65.1 Å². The van der Waals surface area contributed by atoms with Gasteiger partial charge in [0.25, 0.3) is 5.88 Å². The van der Waals surface area contributed by atoms with Crippen LogP contribution in [-0.2, 0) is 11.3 Å². The van der Waals surface area contributed by atoms with E-state index in [0.717, 1.165) is 12.1 Å². The molecule has 144 valence electrons. The van der Waals surface area contributed by atoms with Crippen LogP contribution in [0.15, 0.2) is 42.7 Å². The molecular formula is C18H13ClF2N4O3. The van der Waals surface area contributed by atoms with Crippen molar-refractivity contribution < 1.29 is 23.4 Å². The largest absolute Gasteiger partial charge is 0.480 e. The highest BCUT2D eigenvalue weighted by atomic mass is 35.5. The van der Waals surface area contributed by atoms with E-state index in [2.05, 4.69) is 20.3 Å². The fourth-order valence-electron chi connectivity index (χ4n) is 2.25. The van der Waals surface area contributed by atoms with Gasteiger partial charge in [0.1, 0.15) is 11.6 Å². The summed E-state index contributed by atoms with van der Waals surface area (Å²) in [6.45, 7) is -0.0405. The lowest BCUT2D eigenvalue weighted by Crippen LogP contribution is -2.22. The van der Waals surface area contributed by atoms with Gasteiger partial charge in [-0.25, -0.2) is 23.7 Å². The molecule has 10 heteroatoms. The van der Waals surface area contributed by atoms with Crippen LogP contribution in [-0.4, -0.2) is 32.6 Å². The third kappa shape index (κ3) is 4.96. The number of hydrogen-bond acceptors (Lipinski definition) is 6. The van der Waals surface area contributed by atoms with Gasteiger partial charge in [-0.2, -0.15) is 0 Å². The topological polar surface area (TPSA) is 97.2 Å². The molecule has 3 aromatic rings. The number of halogens is 3. The zero-order valence-electron chi connectivity index (χ0n) is 14.2. The van der Waals surface area contributed by atoms with Crippen molar-refractivity contribution >= 4 is 17.6 Å². The van der Waals surface area contributed by atoms with E-state index in [1.807, 2.05) is 0 Å². The predicted molar refractivity (Wildman–Crippen MR) is 96.0 cm³/mol. The predicted octanol–water partition coefficient (Wildman–Crippen LogP) is 3.44. The molecule has 3 rings (SSSR count). The van der Waals surface area contributed by atoms with Crippen molar-refractivity contribution in [2.45, 2.75) is 6.54 Å². The molecule has 2 aromatic heterocycles. The molecule has 0 aliphatic heterocycles. The van der Waals surface area contributed by atoms with Gasteiger partial charge in [-0.3, -0.25) is 4.79 Å². The van der Waals surface area contributed by atoms with E-state index in [0.29, 0.717) is 5.69 Å². The van der Waals surface area contributed by atoms with Gasteiger partial charge in [0.15, 0.2) is 11.6 Å². The Morgan fingerprint density at radius 3 is 2.71 bits per heavy atom. The number of aromatic nitrogens is 3. The summed E-state index contributed by atoms with van der Waals surface area (Å²) >= 11 is 5.63. The van der Waals surface area contributed by atoms with E-state index in [-0.39, 0.29) is 41.1 Å². The number of benzene rings is 1. The summed E-state index contributed by atoms with van der Waals surface area (Å²) in [5.41, 5.74) is 0.607. The van der Waals surface area contributed by atoms with Crippen LogP contribution in [0.1, 0.15) is 5.69 Å². The summed E-state index contributed by atoms with van der Waals surface area (Å²) in [4.78, 5) is 22.5. The second-order valence-electron chi connectivity index (χ2n) is 5.55. The first-order chi connectivity index (χ1) is 13.4. The second kappa shape index (κ2) is 8.68. The average Bonchev–Trinajstić information content (AvgIpc) is 2.64. The van der Waals surface area contributed by atoms with Crippen molar-refractivity contribution in [2.75, 3.05) is 6.54 Å². The first-order valence-electron chi connectivity index (χ1n) is 7.95. The fraction of sp³-hybridized carbons (Fsp3) is 0.111. The van der Waals surface area contributed by atoms with Gasteiger partial charge in [0.2, 0.25) is 0 Å². The van der Waals surface area contributed by atoms with E-state index >= 15 is 0 Å². The Morgan fingerprint density at radius 2 is 2.00 bits per heavy atom. The van der Waals surface area contributed by atoms with E-state index in [9.17, 15) is 13.6 Å². The van der Waals surface area contributed by atoms with Crippen molar-refractivity contribution in [2.24, 2.45) is 0 Å². The second-order valence-corrected chi connectivity index (χ2v) is 5.99. The number of aliphatic carboxylic acids is 1.